The van der Waals surface area contributed by atoms with Crippen LogP contribution in [0.2, 0.25) is 0 Å². The third-order valence-electron chi connectivity index (χ3n) is 4.05. The normalized spacial score (nSPS) is 11.0. The molecule has 7 heteroatoms. The lowest BCUT2D eigenvalue weighted by molar-refractivity contribution is 0.0783. The molecule has 0 aliphatic carbocycles. The van der Waals surface area contributed by atoms with Gasteiger partial charge >= 0.3 is 0 Å². The number of fused-ring (bicyclic) bond motifs is 1. The average molecular weight is 348 g/mol. The van der Waals surface area contributed by atoms with Crippen LogP contribution in [0.5, 0.6) is 0 Å². The second-order valence-corrected chi connectivity index (χ2v) is 5.98. The fourth-order valence-electron chi connectivity index (χ4n) is 2.76. The third kappa shape index (κ3) is 2.95. The zero-order chi connectivity index (χ0) is 18.1. The van der Waals surface area contributed by atoms with Gasteiger partial charge in [0.2, 0.25) is 0 Å². The lowest BCUT2D eigenvalue weighted by Gasteiger charge is -2.16. The van der Waals surface area contributed by atoms with Crippen molar-refractivity contribution in [2.75, 3.05) is 7.05 Å². The fraction of sp³-hybridized carbons (Fsp3) is 0.158. The molecule has 26 heavy (non-hydrogen) atoms. The maximum Gasteiger partial charge on any atom is 0.253 e. The summed E-state index contributed by atoms with van der Waals surface area (Å²) < 4.78 is 10.6. The molecule has 0 unspecified atom stereocenters. The van der Waals surface area contributed by atoms with Crippen LogP contribution in [0.1, 0.15) is 21.9 Å². The number of hydrogen-bond acceptors (Lipinski definition) is 6. The molecule has 130 valence electrons. The Morgan fingerprint density at radius 2 is 2.12 bits per heavy atom. The first-order valence-corrected chi connectivity index (χ1v) is 8.09. The van der Waals surface area contributed by atoms with Gasteiger partial charge in [-0.1, -0.05) is 11.2 Å². The quantitative estimate of drug-likeness (QED) is 0.561. The minimum absolute atomic E-state index is 0.110. The van der Waals surface area contributed by atoms with Crippen LogP contribution in [0.4, 0.5) is 0 Å². The van der Waals surface area contributed by atoms with Crippen LogP contribution in [-0.2, 0) is 6.54 Å². The highest BCUT2D eigenvalue weighted by molar-refractivity contribution is 6.00. The first kappa shape index (κ1) is 16.0. The van der Waals surface area contributed by atoms with Crippen LogP contribution >= 0.6 is 0 Å². The Morgan fingerprint density at radius 3 is 2.85 bits per heavy atom. The van der Waals surface area contributed by atoms with E-state index < -0.39 is 0 Å². The maximum absolute atomic E-state index is 12.8. The van der Waals surface area contributed by atoms with E-state index in [0.717, 1.165) is 11.1 Å². The molecule has 4 rings (SSSR count). The summed E-state index contributed by atoms with van der Waals surface area (Å²) in [5.74, 6) is 0.430. The van der Waals surface area contributed by atoms with E-state index in [1.54, 1.807) is 43.3 Å². The topological polar surface area (TPSA) is 85.3 Å². The van der Waals surface area contributed by atoms with Crippen LogP contribution in [-0.4, -0.2) is 33.0 Å². The van der Waals surface area contributed by atoms with Gasteiger partial charge < -0.3 is 13.8 Å². The maximum atomic E-state index is 12.8. The Morgan fingerprint density at radius 1 is 1.23 bits per heavy atom. The first-order valence-electron chi connectivity index (χ1n) is 8.09. The van der Waals surface area contributed by atoms with Gasteiger partial charge in [-0.25, -0.2) is 4.98 Å². The van der Waals surface area contributed by atoms with E-state index in [1.165, 1.54) is 6.26 Å². The number of pyridine rings is 1. The molecule has 0 N–H and O–H groups in total. The molecule has 0 saturated carbocycles. The van der Waals surface area contributed by atoms with Gasteiger partial charge in [0.25, 0.3) is 5.91 Å². The van der Waals surface area contributed by atoms with Crippen molar-refractivity contribution in [3.63, 3.8) is 0 Å². The van der Waals surface area contributed by atoms with Crippen LogP contribution in [0.25, 0.3) is 22.4 Å². The lowest BCUT2D eigenvalue weighted by Crippen LogP contribution is -2.26. The van der Waals surface area contributed by atoms with Gasteiger partial charge in [0, 0.05) is 25.7 Å². The summed E-state index contributed by atoms with van der Waals surface area (Å²) in [5.41, 5.74) is 3.09. The molecule has 0 bridgehead atoms. The number of carbonyl (C=O) groups is 1. The van der Waals surface area contributed by atoms with Gasteiger partial charge in [0.05, 0.1) is 17.6 Å². The van der Waals surface area contributed by atoms with Crippen molar-refractivity contribution in [3.05, 3.63) is 66.0 Å². The van der Waals surface area contributed by atoms with E-state index in [-0.39, 0.29) is 5.91 Å². The number of oxazole rings is 1. The first-order chi connectivity index (χ1) is 12.6. The summed E-state index contributed by atoms with van der Waals surface area (Å²) in [7, 11) is 1.75. The second kappa shape index (κ2) is 6.44. The molecule has 3 heterocycles. The summed E-state index contributed by atoms with van der Waals surface area (Å²) in [4.78, 5) is 22.9. The van der Waals surface area contributed by atoms with Gasteiger partial charge in [-0.2, -0.15) is 0 Å². The number of benzene rings is 1. The highest BCUT2D eigenvalue weighted by Crippen LogP contribution is 2.28. The number of amides is 1. The van der Waals surface area contributed by atoms with Crippen LogP contribution in [0, 0.1) is 6.92 Å². The van der Waals surface area contributed by atoms with E-state index in [9.17, 15) is 4.79 Å². The summed E-state index contributed by atoms with van der Waals surface area (Å²) in [5, 5.41) is 4.78. The van der Waals surface area contributed by atoms with Crippen molar-refractivity contribution >= 4 is 16.9 Å². The Bertz CT molecular complexity index is 1070. The lowest BCUT2D eigenvalue weighted by atomic mass is 10.1. The van der Waals surface area contributed by atoms with Crippen molar-refractivity contribution in [1.82, 2.24) is 20.0 Å². The summed E-state index contributed by atoms with van der Waals surface area (Å²) in [6.07, 6.45) is 3.23. The molecule has 7 nitrogen and oxygen atoms in total. The van der Waals surface area contributed by atoms with Crippen molar-refractivity contribution in [2.45, 2.75) is 13.5 Å². The standard InChI is InChI=1S/C19H16N4O3/c1-12-21-16(11-25-12)18-15-9-13(6-7-17(15)26-22-18)19(24)23(2)10-14-5-3-4-8-20-14/h3-9,11H,10H2,1-2H3. The number of nitrogens with zero attached hydrogens (tertiary/aromatic N) is 4. The molecule has 1 aromatic carbocycles. The fourth-order valence-corrected chi connectivity index (χ4v) is 2.76. The van der Waals surface area contributed by atoms with Crippen molar-refractivity contribution in [1.29, 1.82) is 0 Å². The largest absolute Gasteiger partial charge is 0.449 e. The molecule has 0 fully saturated rings. The van der Waals surface area contributed by atoms with Gasteiger partial charge in [0.1, 0.15) is 17.7 Å². The van der Waals surface area contributed by atoms with Crippen LogP contribution in [0.3, 0.4) is 0 Å². The van der Waals surface area contributed by atoms with Gasteiger partial charge in [-0.15, -0.1) is 0 Å². The zero-order valence-corrected chi connectivity index (χ0v) is 14.3. The number of aryl methyl sites for hydroxylation is 1. The number of carbonyl (C=O) groups excluding carboxylic acids is 1. The molecule has 0 spiro atoms. The highest BCUT2D eigenvalue weighted by atomic mass is 16.5. The Hall–Kier alpha value is -3.48. The number of aromatic nitrogens is 3. The minimum Gasteiger partial charge on any atom is -0.449 e. The molecule has 0 aliphatic rings. The summed E-state index contributed by atoms with van der Waals surface area (Å²) in [6.45, 7) is 2.18. The predicted molar refractivity (Wildman–Crippen MR) is 94.3 cm³/mol. The van der Waals surface area contributed by atoms with Crippen molar-refractivity contribution in [2.24, 2.45) is 0 Å². The smallest absolute Gasteiger partial charge is 0.253 e. The molecule has 3 aromatic heterocycles. The van der Waals surface area contributed by atoms with E-state index >= 15 is 0 Å². The molecular weight excluding hydrogens is 332 g/mol. The SMILES string of the molecule is Cc1nc(-c2noc3ccc(C(=O)N(C)Cc4ccccn4)cc23)co1. The third-order valence-corrected chi connectivity index (χ3v) is 4.05. The summed E-state index contributed by atoms with van der Waals surface area (Å²) in [6, 6.07) is 10.9. The number of rotatable bonds is 4. The molecule has 0 radical (unpaired) electrons. The zero-order valence-electron chi connectivity index (χ0n) is 14.3. The molecule has 4 aromatic rings. The minimum atomic E-state index is -0.110. The predicted octanol–water partition coefficient (Wildman–Crippen LogP) is 3.46. The second-order valence-electron chi connectivity index (χ2n) is 5.98. The van der Waals surface area contributed by atoms with E-state index in [2.05, 4.69) is 15.1 Å². The molecular formula is C19H16N4O3. The average Bonchev–Trinajstić information content (AvgIpc) is 3.27. The van der Waals surface area contributed by atoms with E-state index in [1.807, 2.05) is 18.2 Å². The highest BCUT2D eigenvalue weighted by Gasteiger charge is 2.18. The molecule has 0 saturated heterocycles. The van der Waals surface area contributed by atoms with Crippen molar-refractivity contribution < 1.29 is 13.7 Å². The van der Waals surface area contributed by atoms with Gasteiger partial charge in [-0.3, -0.25) is 9.78 Å². The Balaban J connectivity index is 1.65. The Kier molecular flexibility index (Phi) is 3.96. The van der Waals surface area contributed by atoms with Crippen LogP contribution in [0.15, 0.2) is 57.8 Å². The van der Waals surface area contributed by atoms with E-state index in [4.69, 9.17) is 8.94 Å². The van der Waals surface area contributed by atoms with Crippen molar-refractivity contribution in [3.8, 4) is 11.4 Å². The monoisotopic (exact) mass is 348 g/mol. The molecule has 1 amide bonds. The Labute approximate surface area is 149 Å². The van der Waals surface area contributed by atoms with Gasteiger partial charge in [0.15, 0.2) is 11.5 Å². The van der Waals surface area contributed by atoms with Gasteiger partial charge in [-0.05, 0) is 30.3 Å². The number of hydrogen-bond donors (Lipinski definition) is 0. The van der Waals surface area contributed by atoms with Crippen LogP contribution < -0.4 is 0 Å². The molecule has 0 atom stereocenters. The molecule has 0 aliphatic heterocycles. The summed E-state index contributed by atoms with van der Waals surface area (Å²) >= 11 is 0. The van der Waals surface area contributed by atoms with E-state index in [0.29, 0.717) is 35.0 Å².